The van der Waals surface area contributed by atoms with Crippen LogP contribution in [0.15, 0.2) is 40.8 Å². The molecule has 29 heavy (non-hydrogen) atoms. The molecule has 0 radical (unpaired) electrons. The summed E-state index contributed by atoms with van der Waals surface area (Å²) in [6.45, 7) is 7.42. The zero-order valence-electron chi connectivity index (χ0n) is 17.3. The zero-order valence-corrected chi connectivity index (χ0v) is 17.3. The lowest BCUT2D eigenvalue weighted by molar-refractivity contribution is -0.119. The number of rotatable bonds is 6. The molecular weight excluding hydrogens is 370 g/mol. The number of benzene rings is 2. The summed E-state index contributed by atoms with van der Waals surface area (Å²) in [5.74, 6) is -0.0747. The third-order valence-electron chi connectivity index (χ3n) is 4.85. The molecule has 3 aromatic rings. The van der Waals surface area contributed by atoms with Crippen LogP contribution in [0.1, 0.15) is 47.0 Å². The number of carbonyl (C=O) groups excluding carboxylic acids is 2. The van der Waals surface area contributed by atoms with Crippen LogP contribution in [-0.4, -0.2) is 25.6 Å². The number of furan rings is 1. The molecule has 0 fully saturated rings. The third kappa shape index (κ3) is 4.26. The van der Waals surface area contributed by atoms with Gasteiger partial charge < -0.3 is 19.2 Å². The van der Waals surface area contributed by atoms with E-state index in [1.54, 1.807) is 32.2 Å². The molecule has 0 atom stereocenters. The molecule has 0 saturated heterocycles. The summed E-state index contributed by atoms with van der Waals surface area (Å²) in [7, 11) is 1.57. The fourth-order valence-electron chi connectivity index (χ4n) is 3.24. The predicted octanol–water partition coefficient (Wildman–Crippen LogP) is 4.98. The van der Waals surface area contributed by atoms with Crippen molar-refractivity contribution in [1.29, 1.82) is 0 Å². The molecule has 152 valence electrons. The van der Waals surface area contributed by atoms with Gasteiger partial charge in [0.2, 0.25) is 5.76 Å². The largest absolute Gasteiger partial charge is 0.497 e. The number of aryl methyl sites for hydroxylation is 2. The Morgan fingerprint density at radius 3 is 2.59 bits per heavy atom. The molecule has 0 saturated carbocycles. The number of nitrogens with one attached hydrogen (secondary N) is 1. The molecule has 6 nitrogen and oxygen atoms in total. The highest BCUT2D eigenvalue weighted by atomic mass is 16.5. The molecule has 1 aromatic heterocycles. The van der Waals surface area contributed by atoms with Crippen molar-refractivity contribution < 1.29 is 23.5 Å². The van der Waals surface area contributed by atoms with E-state index in [0.29, 0.717) is 16.9 Å². The van der Waals surface area contributed by atoms with Gasteiger partial charge in [-0.1, -0.05) is 32.0 Å². The molecule has 6 heteroatoms. The standard InChI is InChI=1S/C23H25NO5/c1-13(2)17-8-6-7-14(3)21(17)24-20(25)12-28-23(26)22-15(4)18-11-16(27-5)9-10-19(18)29-22/h6-11,13H,12H2,1-5H3,(H,24,25). The lowest BCUT2D eigenvalue weighted by Gasteiger charge is -2.16. The summed E-state index contributed by atoms with van der Waals surface area (Å²) in [5, 5.41) is 3.63. The van der Waals surface area contributed by atoms with Crippen molar-refractivity contribution in [2.75, 3.05) is 19.0 Å². The van der Waals surface area contributed by atoms with Gasteiger partial charge in [0.1, 0.15) is 11.3 Å². The Labute approximate surface area is 169 Å². The number of hydrogen-bond acceptors (Lipinski definition) is 5. The Bertz CT molecular complexity index is 1060. The summed E-state index contributed by atoms with van der Waals surface area (Å²) >= 11 is 0. The van der Waals surface area contributed by atoms with Crippen LogP contribution >= 0.6 is 0 Å². The highest BCUT2D eigenvalue weighted by molar-refractivity contribution is 5.99. The van der Waals surface area contributed by atoms with E-state index in [2.05, 4.69) is 19.2 Å². The smallest absolute Gasteiger partial charge is 0.375 e. The molecule has 2 aromatic carbocycles. The van der Waals surface area contributed by atoms with Gasteiger partial charge in [0.25, 0.3) is 5.91 Å². The molecular formula is C23H25NO5. The number of anilines is 1. The second kappa shape index (κ2) is 8.39. The van der Waals surface area contributed by atoms with Gasteiger partial charge in [-0.15, -0.1) is 0 Å². The second-order valence-corrected chi connectivity index (χ2v) is 7.24. The normalized spacial score (nSPS) is 11.0. The second-order valence-electron chi connectivity index (χ2n) is 7.24. The lowest BCUT2D eigenvalue weighted by atomic mass is 9.98. The Balaban J connectivity index is 1.71. The van der Waals surface area contributed by atoms with Crippen LogP contribution in [0.2, 0.25) is 0 Å². The Kier molecular flexibility index (Phi) is 5.92. The van der Waals surface area contributed by atoms with E-state index in [-0.39, 0.29) is 11.7 Å². The number of carbonyl (C=O) groups is 2. The predicted molar refractivity (Wildman–Crippen MR) is 112 cm³/mol. The number of fused-ring (bicyclic) bond motifs is 1. The van der Waals surface area contributed by atoms with Gasteiger partial charge >= 0.3 is 5.97 Å². The quantitative estimate of drug-likeness (QED) is 0.596. The molecule has 0 spiro atoms. The average Bonchev–Trinajstić information content (AvgIpc) is 3.03. The first-order valence-corrected chi connectivity index (χ1v) is 9.45. The molecule has 0 bridgehead atoms. The number of methoxy groups -OCH3 is 1. The van der Waals surface area contributed by atoms with Crippen LogP contribution in [0.4, 0.5) is 5.69 Å². The maximum atomic E-state index is 12.5. The van der Waals surface area contributed by atoms with Crippen molar-refractivity contribution in [2.45, 2.75) is 33.6 Å². The van der Waals surface area contributed by atoms with Gasteiger partial charge in [0.15, 0.2) is 6.61 Å². The molecule has 0 unspecified atom stereocenters. The fourth-order valence-corrected chi connectivity index (χ4v) is 3.24. The molecule has 1 heterocycles. The summed E-state index contributed by atoms with van der Waals surface area (Å²) in [6.07, 6.45) is 0. The van der Waals surface area contributed by atoms with E-state index in [9.17, 15) is 9.59 Å². The van der Waals surface area contributed by atoms with E-state index in [4.69, 9.17) is 13.9 Å². The molecule has 0 aliphatic heterocycles. The van der Waals surface area contributed by atoms with Crippen molar-refractivity contribution in [1.82, 2.24) is 0 Å². The van der Waals surface area contributed by atoms with Crippen molar-refractivity contribution in [3.05, 3.63) is 58.8 Å². The minimum atomic E-state index is -0.679. The first-order valence-electron chi connectivity index (χ1n) is 9.45. The van der Waals surface area contributed by atoms with Crippen molar-refractivity contribution in [3.8, 4) is 5.75 Å². The van der Waals surface area contributed by atoms with E-state index in [1.807, 2.05) is 25.1 Å². The average molecular weight is 395 g/mol. The first kappa shape index (κ1) is 20.5. The number of esters is 1. The number of para-hydroxylation sites is 1. The van der Waals surface area contributed by atoms with Gasteiger partial charge in [-0.2, -0.15) is 0 Å². The van der Waals surface area contributed by atoms with Gasteiger partial charge in [0.05, 0.1) is 7.11 Å². The number of hydrogen-bond donors (Lipinski definition) is 1. The molecule has 1 amide bonds. The topological polar surface area (TPSA) is 77.8 Å². The van der Waals surface area contributed by atoms with Gasteiger partial charge in [0, 0.05) is 16.6 Å². The SMILES string of the molecule is COc1ccc2oc(C(=O)OCC(=O)Nc3c(C)cccc3C(C)C)c(C)c2c1. The van der Waals surface area contributed by atoms with Crippen LogP contribution in [0.25, 0.3) is 11.0 Å². The van der Waals surface area contributed by atoms with E-state index in [1.165, 1.54) is 0 Å². The maximum Gasteiger partial charge on any atom is 0.375 e. The van der Waals surface area contributed by atoms with Crippen LogP contribution < -0.4 is 10.1 Å². The fraction of sp³-hybridized carbons (Fsp3) is 0.304. The van der Waals surface area contributed by atoms with Gasteiger partial charge in [-0.05, 0) is 49.1 Å². The maximum absolute atomic E-state index is 12.5. The van der Waals surface area contributed by atoms with E-state index >= 15 is 0 Å². The highest BCUT2D eigenvalue weighted by Crippen LogP contribution is 2.29. The molecule has 0 aliphatic rings. The minimum Gasteiger partial charge on any atom is -0.497 e. The minimum absolute atomic E-state index is 0.0832. The Morgan fingerprint density at radius 2 is 1.90 bits per heavy atom. The molecule has 0 aliphatic carbocycles. The zero-order chi connectivity index (χ0) is 21.1. The van der Waals surface area contributed by atoms with Crippen molar-refractivity contribution >= 4 is 28.5 Å². The summed E-state index contributed by atoms with van der Waals surface area (Å²) in [6, 6.07) is 11.1. The van der Waals surface area contributed by atoms with Crippen LogP contribution in [-0.2, 0) is 9.53 Å². The monoisotopic (exact) mass is 395 g/mol. The summed E-state index contributed by atoms with van der Waals surface area (Å²) in [4.78, 5) is 24.8. The highest BCUT2D eigenvalue weighted by Gasteiger charge is 2.21. The first-order chi connectivity index (χ1) is 13.8. The van der Waals surface area contributed by atoms with E-state index < -0.39 is 18.5 Å². The Hall–Kier alpha value is -3.28. The molecule has 3 rings (SSSR count). The van der Waals surface area contributed by atoms with Crippen molar-refractivity contribution in [3.63, 3.8) is 0 Å². The lowest BCUT2D eigenvalue weighted by Crippen LogP contribution is -2.22. The van der Waals surface area contributed by atoms with Crippen LogP contribution in [0, 0.1) is 13.8 Å². The van der Waals surface area contributed by atoms with Crippen molar-refractivity contribution in [2.24, 2.45) is 0 Å². The molecule has 1 N–H and O–H groups in total. The third-order valence-corrected chi connectivity index (χ3v) is 4.85. The summed E-state index contributed by atoms with van der Waals surface area (Å²) in [5.41, 5.74) is 3.95. The van der Waals surface area contributed by atoms with Gasteiger partial charge in [-0.25, -0.2) is 4.79 Å². The van der Waals surface area contributed by atoms with Crippen LogP contribution in [0.3, 0.4) is 0 Å². The van der Waals surface area contributed by atoms with Crippen LogP contribution in [0.5, 0.6) is 5.75 Å². The van der Waals surface area contributed by atoms with Gasteiger partial charge in [-0.3, -0.25) is 4.79 Å². The Morgan fingerprint density at radius 1 is 1.14 bits per heavy atom. The summed E-state index contributed by atoms with van der Waals surface area (Å²) < 4.78 is 16.0. The van der Waals surface area contributed by atoms with E-state index in [0.717, 1.165) is 22.2 Å². The number of amides is 1. The number of ether oxygens (including phenoxy) is 2.